The number of amides is 1. The molecule has 1 amide bonds. The number of fused-ring (bicyclic) bond motifs is 3. The van der Waals surface area contributed by atoms with Gasteiger partial charge in [0.2, 0.25) is 0 Å². The first-order chi connectivity index (χ1) is 10.6. The number of carbonyl (C=O) groups is 1. The van der Waals surface area contributed by atoms with Gasteiger partial charge in [0, 0.05) is 28.6 Å². The van der Waals surface area contributed by atoms with Gasteiger partial charge in [0.05, 0.1) is 5.56 Å². The van der Waals surface area contributed by atoms with Crippen LogP contribution in [0.15, 0.2) is 24.3 Å². The lowest BCUT2D eigenvalue weighted by atomic mass is 10.0. The summed E-state index contributed by atoms with van der Waals surface area (Å²) in [5, 5.41) is 8.10. The van der Waals surface area contributed by atoms with E-state index >= 15 is 0 Å². The van der Waals surface area contributed by atoms with Gasteiger partial charge in [0.25, 0.3) is 5.91 Å². The van der Waals surface area contributed by atoms with Crippen LogP contribution in [0, 0.1) is 0 Å². The summed E-state index contributed by atoms with van der Waals surface area (Å²) >= 11 is 7.95. The van der Waals surface area contributed by atoms with Crippen molar-refractivity contribution in [1.29, 1.82) is 0 Å². The van der Waals surface area contributed by atoms with Crippen molar-refractivity contribution in [1.82, 2.24) is 10.2 Å². The molecule has 114 valence electrons. The molecule has 0 bridgehead atoms. The quantitative estimate of drug-likeness (QED) is 0.842. The molecule has 0 spiro atoms. The lowest BCUT2D eigenvalue weighted by Crippen LogP contribution is -2.38. The van der Waals surface area contributed by atoms with Gasteiger partial charge < -0.3 is 15.5 Å². The maximum atomic E-state index is 12.6. The Morgan fingerprint density at radius 3 is 2.95 bits per heavy atom. The Morgan fingerprint density at radius 1 is 1.32 bits per heavy atom. The van der Waals surface area contributed by atoms with Gasteiger partial charge in [-0.05, 0) is 25.1 Å². The Kier molecular flexibility index (Phi) is 3.36. The molecule has 2 aliphatic rings. The van der Waals surface area contributed by atoms with Gasteiger partial charge in [-0.15, -0.1) is 11.3 Å². The Labute approximate surface area is 138 Å². The summed E-state index contributed by atoms with van der Waals surface area (Å²) in [6, 6.07) is 7.60. The normalized spacial score (nSPS) is 20.8. The van der Waals surface area contributed by atoms with Gasteiger partial charge >= 0.3 is 0 Å². The van der Waals surface area contributed by atoms with Crippen LogP contribution < -0.4 is 10.6 Å². The Morgan fingerprint density at radius 2 is 2.14 bits per heavy atom. The van der Waals surface area contributed by atoms with Gasteiger partial charge in [-0.2, -0.15) is 0 Å². The number of hydrogen-bond acceptors (Lipinski definition) is 4. The highest BCUT2D eigenvalue weighted by Gasteiger charge is 2.33. The van der Waals surface area contributed by atoms with Crippen LogP contribution in [0.3, 0.4) is 0 Å². The summed E-state index contributed by atoms with van der Waals surface area (Å²) in [5.74, 6) is 0.000669. The van der Waals surface area contributed by atoms with Gasteiger partial charge in [-0.3, -0.25) is 4.79 Å². The zero-order valence-corrected chi connectivity index (χ0v) is 13.7. The molecule has 2 aliphatic heterocycles. The van der Waals surface area contributed by atoms with E-state index in [1.54, 1.807) is 11.3 Å². The third-order valence-corrected chi connectivity index (χ3v) is 5.73. The summed E-state index contributed by atoms with van der Waals surface area (Å²) < 4.78 is 0. The zero-order valence-electron chi connectivity index (χ0n) is 12.1. The largest absolute Gasteiger partial charge is 0.353 e. The second-order valence-electron chi connectivity index (χ2n) is 5.77. The highest BCUT2D eigenvalue weighted by atomic mass is 35.5. The van der Waals surface area contributed by atoms with E-state index in [4.69, 9.17) is 11.6 Å². The fourth-order valence-corrected chi connectivity index (χ4v) is 4.71. The third-order valence-electron chi connectivity index (χ3n) is 4.24. The van der Waals surface area contributed by atoms with E-state index in [9.17, 15) is 4.79 Å². The van der Waals surface area contributed by atoms with Crippen molar-refractivity contribution in [2.45, 2.75) is 19.1 Å². The van der Waals surface area contributed by atoms with E-state index in [0.29, 0.717) is 5.02 Å². The minimum Gasteiger partial charge on any atom is -0.353 e. The van der Waals surface area contributed by atoms with Gasteiger partial charge in [-0.25, -0.2) is 0 Å². The summed E-state index contributed by atoms with van der Waals surface area (Å²) in [6.45, 7) is 1.91. The standard InChI is InChI=1S/C16H16ClN3OS/c1-20-7-6-10-12(8-20)22-16-13(10)15(21)18-14(19-16)9-4-2-3-5-11(9)17/h2-5,14,19H,6-8H2,1H3,(H,18,21)/t14-/m0/s1. The first-order valence-corrected chi connectivity index (χ1v) is 8.48. The van der Waals surface area contributed by atoms with Gasteiger partial charge in [-0.1, -0.05) is 29.8 Å². The van der Waals surface area contributed by atoms with E-state index < -0.39 is 0 Å². The molecule has 0 unspecified atom stereocenters. The zero-order chi connectivity index (χ0) is 15.3. The van der Waals surface area contributed by atoms with Crippen molar-refractivity contribution in [2.75, 3.05) is 18.9 Å². The van der Waals surface area contributed by atoms with Crippen molar-refractivity contribution in [3.63, 3.8) is 0 Å². The number of halogens is 1. The predicted octanol–water partition coefficient (Wildman–Crippen LogP) is 3.24. The summed E-state index contributed by atoms with van der Waals surface area (Å²) in [5.41, 5.74) is 2.93. The molecule has 2 aromatic rings. The molecule has 2 N–H and O–H groups in total. The van der Waals surface area contributed by atoms with Crippen molar-refractivity contribution in [2.24, 2.45) is 0 Å². The average molecular weight is 334 g/mol. The highest BCUT2D eigenvalue weighted by molar-refractivity contribution is 7.16. The number of benzene rings is 1. The first kappa shape index (κ1) is 14.1. The molecule has 0 aliphatic carbocycles. The SMILES string of the molecule is CN1CCc2c(sc3c2C(=O)N[C@H](c2ccccc2Cl)N3)C1. The minimum atomic E-state index is -0.272. The van der Waals surface area contributed by atoms with E-state index in [-0.39, 0.29) is 12.1 Å². The van der Waals surface area contributed by atoms with E-state index in [2.05, 4.69) is 22.6 Å². The number of thiophene rings is 1. The molecule has 22 heavy (non-hydrogen) atoms. The monoisotopic (exact) mass is 333 g/mol. The molecule has 0 radical (unpaired) electrons. The topological polar surface area (TPSA) is 44.4 Å². The van der Waals surface area contributed by atoms with Crippen LogP contribution in [-0.4, -0.2) is 24.4 Å². The predicted molar refractivity (Wildman–Crippen MR) is 89.6 cm³/mol. The highest BCUT2D eigenvalue weighted by Crippen LogP contribution is 2.41. The molecule has 1 atom stereocenters. The summed E-state index contributed by atoms with van der Waals surface area (Å²) in [7, 11) is 2.11. The number of nitrogens with zero attached hydrogens (tertiary/aromatic N) is 1. The minimum absolute atomic E-state index is 0.000669. The van der Waals surface area contributed by atoms with Crippen LogP contribution >= 0.6 is 22.9 Å². The van der Waals surface area contributed by atoms with E-state index in [0.717, 1.165) is 35.6 Å². The van der Waals surface area contributed by atoms with Crippen molar-refractivity contribution in [3.05, 3.63) is 50.9 Å². The fraction of sp³-hybridized carbons (Fsp3) is 0.312. The average Bonchev–Trinajstić information content (AvgIpc) is 2.85. The second kappa shape index (κ2) is 5.26. The number of hydrogen-bond donors (Lipinski definition) is 2. The number of nitrogens with one attached hydrogen (secondary N) is 2. The number of rotatable bonds is 1. The summed E-state index contributed by atoms with van der Waals surface area (Å²) in [6.07, 6.45) is 0.662. The smallest absolute Gasteiger partial charge is 0.256 e. The Hall–Kier alpha value is -1.56. The molecular formula is C16H16ClN3OS. The van der Waals surface area contributed by atoms with Crippen LogP contribution in [0.4, 0.5) is 5.00 Å². The first-order valence-electron chi connectivity index (χ1n) is 7.28. The van der Waals surface area contributed by atoms with Crippen LogP contribution in [0.2, 0.25) is 5.02 Å². The lowest BCUT2D eigenvalue weighted by Gasteiger charge is -2.27. The number of anilines is 1. The molecule has 1 aromatic carbocycles. The van der Waals surface area contributed by atoms with Crippen molar-refractivity contribution < 1.29 is 4.79 Å². The molecule has 4 nitrogen and oxygen atoms in total. The molecule has 1 aromatic heterocycles. The van der Waals surface area contributed by atoms with Crippen LogP contribution in [-0.2, 0) is 13.0 Å². The maximum Gasteiger partial charge on any atom is 0.256 e. The summed E-state index contributed by atoms with van der Waals surface area (Å²) in [4.78, 5) is 16.2. The molecular weight excluding hydrogens is 318 g/mol. The van der Waals surface area contributed by atoms with Crippen LogP contribution in [0.5, 0.6) is 0 Å². The second-order valence-corrected chi connectivity index (χ2v) is 7.28. The number of carbonyl (C=O) groups excluding carboxylic acids is 1. The Bertz CT molecular complexity index is 758. The van der Waals surface area contributed by atoms with Crippen molar-refractivity contribution in [3.8, 4) is 0 Å². The molecule has 6 heteroatoms. The van der Waals surface area contributed by atoms with Crippen LogP contribution in [0.1, 0.15) is 32.5 Å². The molecule has 0 saturated carbocycles. The van der Waals surface area contributed by atoms with Gasteiger partial charge in [0.15, 0.2) is 0 Å². The van der Waals surface area contributed by atoms with Gasteiger partial charge in [0.1, 0.15) is 11.2 Å². The van der Waals surface area contributed by atoms with E-state index in [1.807, 2.05) is 24.3 Å². The van der Waals surface area contributed by atoms with Crippen LogP contribution in [0.25, 0.3) is 0 Å². The molecule has 0 fully saturated rings. The Balaban J connectivity index is 1.73. The molecule has 0 saturated heterocycles. The number of likely N-dealkylation sites (N-methyl/N-ethyl adjacent to an activating group) is 1. The lowest BCUT2D eigenvalue weighted by molar-refractivity contribution is 0.0935. The molecule has 4 rings (SSSR count). The third kappa shape index (κ3) is 2.20. The van der Waals surface area contributed by atoms with E-state index in [1.165, 1.54) is 10.4 Å². The fourth-order valence-electron chi connectivity index (χ4n) is 3.11. The van der Waals surface area contributed by atoms with Crippen molar-refractivity contribution >= 4 is 33.8 Å². The maximum absolute atomic E-state index is 12.6. The molecule has 3 heterocycles.